The Morgan fingerprint density at radius 2 is 2.40 bits per heavy atom. The van der Waals surface area contributed by atoms with Crippen LogP contribution in [0.4, 0.5) is 5.82 Å². The molecule has 0 radical (unpaired) electrons. The van der Waals surface area contributed by atoms with Crippen LogP contribution in [0.3, 0.4) is 0 Å². The van der Waals surface area contributed by atoms with Gasteiger partial charge < -0.3 is 5.32 Å². The first-order chi connectivity index (χ1) is 7.29. The number of thioether (sulfide) groups is 1. The van der Waals surface area contributed by atoms with Gasteiger partial charge in [-0.25, -0.2) is 9.50 Å². The number of aromatic nitrogens is 3. The van der Waals surface area contributed by atoms with Gasteiger partial charge in [0.15, 0.2) is 5.65 Å². The molecule has 0 saturated carbocycles. The van der Waals surface area contributed by atoms with E-state index in [0.29, 0.717) is 6.04 Å². The molecule has 0 aliphatic carbocycles. The molecule has 0 amide bonds. The van der Waals surface area contributed by atoms with Crippen LogP contribution in [0.5, 0.6) is 0 Å². The number of rotatable bonds is 4. The molecule has 0 aromatic carbocycles. The van der Waals surface area contributed by atoms with Gasteiger partial charge in [-0.1, -0.05) is 0 Å². The molecule has 4 nitrogen and oxygen atoms in total. The molecule has 0 fully saturated rings. The van der Waals surface area contributed by atoms with E-state index in [1.807, 2.05) is 30.1 Å². The van der Waals surface area contributed by atoms with Crippen molar-refractivity contribution in [2.75, 3.05) is 17.3 Å². The van der Waals surface area contributed by atoms with E-state index >= 15 is 0 Å². The summed E-state index contributed by atoms with van der Waals surface area (Å²) in [6, 6.07) is 4.26. The van der Waals surface area contributed by atoms with E-state index < -0.39 is 0 Å². The third kappa shape index (κ3) is 2.41. The fourth-order valence-electron chi connectivity index (χ4n) is 1.44. The lowest BCUT2D eigenvalue weighted by molar-refractivity contribution is 0.890. The zero-order valence-corrected chi connectivity index (χ0v) is 9.66. The maximum atomic E-state index is 4.44. The summed E-state index contributed by atoms with van der Waals surface area (Å²) in [4.78, 5) is 4.44. The number of fused-ring (bicyclic) bond motifs is 1. The third-order valence-electron chi connectivity index (χ3n) is 2.07. The summed E-state index contributed by atoms with van der Waals surface area (Å²) in [5, 5.41) is 7.45. The molecule has 0 spiro atoms. The SMILES string of the molecule is CSCC(C)Nc1ccn2nccc2n1. The smallest absolute Gasteiger partial charge is 0.157 e. The van der Waals surface area contributed by atoms with Crippen molar-refractivity contribution in [3.8, 4) is 0 Å². The first-order valence-electron chi connectivity index (χ1n) is 4.85. The van der Waals surface area contributed by atoms with Gasteiger partial charge in [-0.15, -0.1) is 0 Å². The fourth-order valence-corrected chi connectivity index (χ4v) is 2.02. The largest absolute Gasteiger partial charge is 0.367 e. The minimum atomic E-state index is 0.429. The van der Waals surface area contributed by atoms with Crippen molar-refractivity contribution in [1.29, 1.82) is 0 Å². The summed E-state index contributed by atoms with van der Waals surface area (Å²) in [7, 11) is 0. The second-order valence-electron chi connectivity index (χ2n) is 3.45. The van der Waals surface area contributed by atoms with Crippen molar-refractivity contribution >= 4 is 23.2 Å². The lowest BCUT2D eigenvalue weighted by Crippen LogP contribution is -2.18. The van der Waals surface area contributed by atoms with Gasteiger partial charge in [-0.05, 0) is 19.2 Å². The summed E-state index contributed by atoms with van der Waals surface area (Å²) < 4.78 is 1.75. The summed E-state index contributed by atoms with van der Waals surface area (Å²) in [5.41, 5.74) is 0.872. The van der Waals surface area contributed by atoms with Crippen molar-refractivity contribution in [2.24, 2.45) is 0 Å². The van der Waals surface area contributed by atoms with Gasteiger partial charge in [-0.3, -0.25) is 0 Å². The highest BCUT2D eigenvalue weighted by molar-refractivity contribution is 7.98. The maximum absolute atomic E-state index is 4.44. The first-order valence-corrected chi connectivity index (χ1v) is 6.25. The standard InChI is InChI=1S/C10H14N4S/c1-8(7-15-2)12-9-4-6-14-10(13-9)3-5-11-14/h3-6,8H,7H2,1-2H3,(H,12,13). The van der Waals surface area contributed by atoms with Gasteiger partial charge in [0.25, 0.3) is 0 Å². The van der Waals surface area contributed by atoms with Gasteiger partial charge in [0.1, 0.15) is 5.82 Å². The van der Waals surface area contributed by atoms with E-state index in [-0.39, 0.29) is 0 Å². The number of hydrogen-bond donors (Lipinski definition) is 1. The highest BCUT2D eigenvalue weighted by Gasteiger charge is 2.02. The van der Waals surface area contributed by atoms with E-state index in [2.05, 4.69) is 28.6 Å². The average molecular weight is 222 g/mol. The van der Waals surface area contributed by atoms with E-state index in [1.165, 1.54) is 0 Å². The Morgan fingerprint density at radius 3 is 3.20 bits per heavy atom. The Hall–Kier alpha value is -1.23. The molecular weight excluding hydrogens is 208 g/mol. The Morgan fingerprint density at radius 1 is 1.53 bits per heavy atom. The molecule has 0 aliphatic heterocycles. The van der Waals surface area contributed by atoms with Crippen molar-refractivity contribution in [3.63, 3.8) is 0 Å². The predicted octanol–water partition coefficient (Wildman–Crippen LogP) is 1.89. The van der Waals surface area contributed by atoms with Gasteiger partial charge in [-0.2, -0.15) is 16.9 Å². The monoisotopic (exact) mass is 222 g/mol. The second kappa shape index (κ2) is 4.53. The Balaban J connectivity index is 2.14. The summed E-state index contributed by atoms with van der Waals surface area (Å²) >= 11 is 1.83. The molecule has 1 atom stereocenters. The molecule has 2 rings (SSSR count). The minimum Gasteiger partial charge on any atom is -0.367 e. The Bertz CT molecular complexity index is 440. The molecule has 80 valence electrons. The Labute approximate surface area is 93.1 Å². The van der Waals surface area contributed by atoms with Crippen LogP contribution < -0.4 is 5.32 Å². The van der Waals surface area contributed by atoms with Crippen molar-refractivity contribution in [2.45, 2.75) is 13.0 Å². The minimum absolute atomic E-state index is 0.429. The predicted molar refractivity (Wildman–Crippen MR) is 64.5 cm³/mol. The normalized spacial score (nSPS) is 12.9. The number of anilines is 1. The molecule has 2 heterocycles. The van der Waals surface area contributed by atoms with E-state index in [4.69, 9.17) is 0 Å². The molecule has 0 aliphatic rings. The average Bonchev–Trinajstić information content (AvgIpc) is 2.65. The van der Waals surface area contributed by atoms with Crippen LogP contribution in [0, 0.1) is 0 Å². The zero-order chi connectivity index (χ0) is 10.7. The zero-order valence-electron chi connectivity index (χ0n) is 8.84. The molecule has 2 aromatic rings. The van der Waals surface area contributed by atoms with Gasteiger partial charge in [0.2, 0.25) is 0 Å². The highest BCUT2D eigenvalue weighted by atomic mass is 32.2. The van der Waals surface area contributed by atoms with Crippen LogP contribution in [0.25, 0.3) is 5.65 Å². The fraction of sp³-hybridized carbons (Fsp3) is 0.400. The van der Waals surface area contributed by atoms with E-state index in [0.717, 1.165) is 17.2 Å². The maximum Gasteiger partial charge on any atom is 0.157 e. The molecular formula is C10H14N4S. The number of nitrogens with one attached hydrogen (secondary N) is 1. The second-order valence-corrected chi connectivity index (χ2v) is 4.36. The molecule has 0 bridgehead atoms. The van der Waals surface area contributed by atoms with E-state index in [9.17, 15) is 0 Å². The van der Waals surface area contributed by atoms with E-state index in [1.54, 1.807) is 10.7 Å². The van der Waals surface area contributed by atoms with Crippen LogP contribution in [0.2, 0.25) is 0 Å². The molecule has 15 heavy (non-hydrogen) atoms. The van der Waals surface area contributed by atoms with Crippen molar-refractivity contribution in [1.82, 2.24) is 14.6 Å². The van der Waals surface area contributed by atoms with Crippen LogP contribution in [-0.2, 0) is 0 Å². The third-order valence-corrected chi connectivity index (χ3v) is 2.90. The van der Waals surface area contributed by atoms with Gasteiger partial charge in [0.05, 0.1) is 6.20 Å². The van der Waals surface area contributed by atoms with Crippen LogP contribution >= 0.6 is 11.8 Å². The summed E-state index contributed by atoms with van der Waals surface area (Å²) in [6.07, 6.45) is 5.76. The topological polar surface area (TPSA) is 42.2 Å². The van der Waals surface area contributed by atoms with Crippen LogP contribution in [-0.4, -0.2) is 32.6 Å². The van der Waals surface area contributed by atoms with Crippen LogP contribution in [0.15, 0.2) is 24.5 Å². The van der Waals surface area contributed by atoms with Crippen molar-refractivity contribution in [3.05, 3.63) is 24.5 Å². The quantitative estimate of drug-likeness (QED) is 0.858. The molecule has 2 aromatic heterocycles. The lowest BCUT2D eigenvalue weighted by atomic mass is 10.4. The summed E-state index contributed by atoms with van der Waals surface area (Å²) in [6.45, 7) is 2.15. The van der Waals surface area contributed by atoms with Crippen LogP contribution in [0.1, 0.15) is 6.92 Å². The summed E-state index contributed by atoms with van der Waals surface area (Å²) in [5.74, 6) is 1.98. The highest BCUT2D eigenvalue weighted by Crippen LogP contribution is 2.08. The molecule has 1 N–H and O–H groups in total. The molecule has 5 heteroatoms. The van der Waals surface area contributed by atoms with Gasteiger partial charge >= 0.3 is 0 Å². The Kier molecular flexibility index (Phi) is 3.11. The van der Waals surface area contributed by atoms with Crippen molar-refractivity contribution < 1.29 is 0 Å². The van der Waals surface area contributed by atoms with Gasteiger partial charge in [0, 0.05) is 24.1 Å². The molecule has 1 unspecified atom stereocenters. The molecule has 0 saturated heterocycles. The first kappa shape index (κ1) is 10.3. The number of nitrogens with zero attached hydrogens (tertiary/aromatic N) is 3. The lowest BCUT2D eigenvalue weighted by Gasteiger charge is -2.12. The number of hydrogen-bond acceptors (Lipinski definition) is 4.